The molecule has 86 valence electrons. The summed E-state index contributed by atoms with van der Waals surface area (Å²) in [5, 5.41) is 0. The van der Waals surface area contributed by atoms with Crippen molar-refractivity contribution in [3.8, 4) is 5.75 Å². The standard InChI is InChI=1S/C11H13FN2O2/c1-11(2)10(15)14(3)9-7(13)4-6(12)5-8(9)16-11/h4-5H,13H2,1-3H3. The van der Waals surface area contributed by atoms with E-state index in [1.165, 1.54) is 17.0 Å². The molecule has 2 rings (SSSR count). The average molecular weight is 224 g/mol. The molecule has 0 bridgehead atoms. The second-order valence-electron chi connectivity index (χ2n) is 4.32. The van der Waals surface area contributed by atoms with Crippen molar-refractivity contribution in [2.24, 2.45) is 0 Å². The Morgan fingerprint density at radius 3 is 2.69 bits per heavy atom. The Hall–Kier alpha value is -1.78. The van der Waals surface area contributed by atoms with Crippen LogP contribution < -0.4 is 15.4 Å². The van der Waals surface area contributed by atoms with Gasteiger partial charge in [0.2, 0.25) is 0 Å². The van der Waals surface area contributed by atoms with Crippen LogP contribution in [0.5, 0.6) is 5.75 Å². The van der Waals surface area contributed by atoms with Crippen LogP contribution in [0.15, 0.2) is 12.1 Å². The highest BCUT2D eigenvalue weighted by atomic mass is 19.1. The maximum atomic E-state index is 13.2. The molecule has 1 aliphatic heterocycles. The molecule has 1 aliphatic rings. The summed E-state index contributed by atoms with van der Waals surface area (Å²) < 4.78 is 18.6. The molecule has 0 saturated heterocycles. The summed E-state index contributed by atoms with van der Waals surface area (Å²) in [5.74, 6) is -0.391. The molecule has 4 nitrogen and oxygen atoms in total. The molecule has 0 saturated carbocycles. The molecule has 0 spiro atoms. The SMILES string of the molecule is CN1C(=O)C(C)(C)Oc2cc(F)cc(N)c21. The number of ether oxygens (including phenoxy) is 1. The fourth-order valence-corrected chi connectivity index (χ4v) is 1.86. The topological polar surface area (TPSA) is 55.6 Å². The second kappa shape index (κ2) is 3.10. The molecule has 0 fully saturated rings. The van der Waals surface area contributed by atoms with Gasteiger partial charge in [0.15, 0.2) is 5.60 Å². The number of likely N-dealkylation sites (N-methyl/N-ethyl adjacent to an activating group) is 1. The lowest BCUT2D eigenvalue weighted by Crippen LogP contribution is -2.51. The molecule has 1 amide bonds. The predicted octanol–water partition coefficient (Wildman–Crippen LogP) is 1.54. The first-order valence-electron chi connectivity index (χ1n) is 4.89. The highest BCUT2D eigenvalue weighted by Gasteiger charge is 2.40. The van der Waals surface area contributed by atoms with Crippen LogP contribution in [0.25, 0.3) is 0 Å². The van der Waals surface area contributed by atoms with E-state index in [9.17, 15) is 9.18 Å². The van der Waals surface area contributed by atoms with Crippen molar-refractivity contribution in [2.75, 3.05) is 17.7 Å². The lowest BCUT2D eigenvalue weighted by molar-refractivity contribution is -0.132. The summed E-state index contributed by atoms with van der Waals surface area (Å²) in [5.41, 5.74) is 5.29. The summed E-state index contributed by atoms with van der Waals surface area (Å²) in [6, 6.07) is 2.40. The fourth-order valence-electron chi connectivity index (χ4n) is 1.86. The molecule has 1 aromatic carbocycles. The molecule has 1 heterocycles. The fraction of sp³-hybridized carbons (Fsp3) is 0.364. The Kier molecular flexibility index (Phi) is 2.08. The average Bonchev–Trinajstić information content (AvgIpc) is 2.12. The molecule has 0 radical (unpaired) electrons. The zero-order valence-corrected chi connectivity index (χ0v) is 9.37. The lowest BCUT2D eigenvalue weighted by atomic mass is 10.0. The quantitative estimate of drug-likeness (QED) is 0.680. The van der Waals surface area contributed by atoms with Gasteiger partial charge in [-0.05, 0) is 19.9 Å². The van der Waals surface area contributed by atoms with E-state index in [4.69, 9.17) is 10.5 Å². The van der Waals surface area contributed by atoms with Gasteiger partial charge in [-0.2, -0.15) is 0 Å². The molecule has 0 aliphatic carbocycles. The number of benzene rings is 1. The van der Waals surface area contributed by atoms with Crippen LogP contribution in [0.1, 0.15) is 13.8 Å². The van der Waals surface area contributed by atoms with Crippen LogP contribution in [-0.2, 0) is 4.79 Å². The van der Waals surface area contributed by atoms with Crippen LogP contribution in [0.2, 0.25) is 0 Å². The van der Waals surface area contributed by atoms with E-state index in [1.54, 1.807) is 20.9 Å². The summed E-state index contributed by atoms with van der Waals surface area (Å²) in [6.45, 7) is 3.27. The number of halogens is 1. The maximum absolute atomic E-state index is 13.2. The van der Waals surface area contributed by atoms with E-state index in [-0.39, 0.29) is 11.6 Å². The van der Waals surface area contributed by atoms with Gasteiger partial charge in [-0.1, -0.05) is 0 Å². The summed E-state index contributed by atoms with van der Waals surface area (Å²) in [6.07, 6.45) is 0. The van der Waals surface area contributed by atoms with Gasteiger partial charge in [0.25, 0.3) is 5.91 Å². The molecule has 16 heavy (non-hydrogen) atoms. The number of carbonyl (C=O) groups excluding carboxylic acids is 1. The number of rotatable bonds is 0. The Bertz CT molecular complexity index is 471. The highest BCUT2D eigenvalue weighted by molar-refractivity contribution is 6.04. The number of carbonyl (C=O) groups is 1. The first-order valence-corrected chi connectivity index (χ1v) is 4.89. The van der Waals surface area contributed by atoms with Crippen LogP contribution in [0.3, 0.4) is 0 Å². The lowest BCUT2D eigenvalue weighted by Gasteiger charge is -2.37. The molecule has 1 aromatic rings. The normalized spacial score (nSPS) is 18.0. The van der Waals surface area contributed by atoms with Gasteiger partial charge < -0.3 is 15.4 Å². The molecular formula is C11H13FN2O2. The summed E-state index contributed by atoms with van der Waals surface area (Å²) in [7, 11) is 1.60. The number of nitrogens with zero attached hydrogens (tertiary/aromatic N) is 1. The van der Waals surface area contributed by atoms with Crippen molar-refractivity contribution in [3.63, 3.8) is 0 Å². The molecule has 0 aromatic heterocycles. The Morgan fingerprint density at radius 1 is 1.44 bits per heavy atom. The third kappa shape index (κ3) is 1.39. The summed E-state index contributed by atoms with van der Waals surface area (Å²) >= 11 is 0. The minimum absolute atomic E-state index is 0.196. The van der Waals surface area contributed by atoms with Crippen molar-refractivity contribution in [1.29, 1.82) is 0 Å². The van der Waals surface area contributed by atoms with E-state index in [2.05, 4.69) is 0 Å². The molecular weight excluding hydrogens is 211 g/mol. The van der Waals surface area contributed by atoms with Gasteiger partial charge in [-0.15, -0.1) is 0 Å². The molecule has 0 atom stereocenters. The number of hydrogen-bond acceptors (Lipinski definition) is 3. The Labute approximate surface area is 92.8 Å². The van der Waals surface area contributed by atoms with E-state index in [0.717, 1.165) is 0 Å². The highest BCUT2D eigenvalue weighted by Crippen LogP contribution is 2.41. The van der Waals surface area contributed by atoms with Crippen molar-refractivity contribution >= 4 is 17.3 Å². The summed E-state index contributed by atoms with van der Waals surface area (Å²) in [4.78, 5) is 13.3. The monoisotopic (exact) mass is 224 g/mol. The smallest absolute Gasteiger partial charge is 0.270 e. The zero-order chi connectivity index (χ0) is 12.1. The molecule has 5 heteroatoms. The van der Waals surface area contributed by atoms with E-state index in [0.29, 0.717) is 11.4 Å². The number of hydrogen-bond donors (Lipinski definition) is 1. The third-order valence-electron chi connectivity index (χ3n) is 2.59. The zero-order valence-electron chi connectivity index (χ0n) is 9.37. The Balaban J connectivity index is 2.64. The first kappa shape index (κ1) is 10.7. The van der Waals surface area contributed by atoms with Crippen molar-refractivity contribution in [3.05, 3.63) is 17.9 Å². The van der Waals surface area contributed by atoms with Gasteiger partial charge in [0, 0.05) is 13.1 Å². The number of nitrogens with two attached hydrogens (primary N) is 1. The van der Waals surface area contributed by atoms with Crippen LogP contribution in [0.4, 0.5) is 15.8 Å². The number of fused-ring (bicyclic) bond motifs is 1. The van der Waals surface area contributed by atoms with Crippen LogP contribution in [-0.4, -0.2) is 18.6 Å². The van der Waals surface area contributed by atoms with Crippen LogP contribution >= 0.6 is 0 Å². The van der Waals surface area contributed by atoms with Crippen LogP contribution in [0, 0.1) is 5.82 Å². The second-order valence-corrected chi connectivity index (χ2v) is 4.32. The maximum Gasteiger partial charge on any atom is 0.270 e. The molecule has 2 N–H and O–H groups in total. The van der Waals surface area contributed by atoms with Crippen molar-refractivity contribution in [2.45, 2.75) is 19.4 Å². The minimum atomic E-state index is -0.998. The Morgan fingerprint density at radius 2 is 2.06 bits per heavy atom. The number of anilines is 2. The number of nitrogen functional groups attached to an aromatic ring is 1. The van der Waals surface area contributed by atoms with E-state index >= 15 is 0 Å². The van der Waals surface area contributed by atoms with Gasteiger partial charge in [0.05, 0.1) is 5.69 Å². The van der Waals surface area contributed by atoms with Gasteiger partial charge in [-0.3, -0.25) is 4.79 Å². The van der Waals surface area contributed by atoms with E-state index < -0.39 is 11.4 Å². The van der Waals surface area contributed by atoms with Gasteiger partial charge >= 0.3 is 0 Å². The largest absolute Gasteiger partial charge is 0.476 e. The molecule has 0 unspecified atom stereocenters. The van der Waals surface area contributed by atoms with E-state index in [1.807, 2.05) is 0 Å². The first-order chi connectivity index (χ1) is 7.33. The van der Waals surface area contributed by atoms with Gasteiger partial charge in [0.1, 0.15) is 17.3 Å². The van der Waals surface area contributed by atoms with Crippen molar-refractivity contribution < 1.29 is 13.9 Å². The minimum Gasteiger partial charge on any atom is -0.476 e. The van der Waals surface area contributed by atoms with Gasteiger partial charge in [-0.25, -0.2) is 4.39 Å². The predicted molar refractivity (Wildman–Crippen MR) is 58.9 cm³/mol. The van der Waals surface area contributed by atoms with Crippen molar-refractivity contribution in [1.82, 2.24) is 0 Å². The third-order valence-corrected chi connectivity index (χ3v) is 2.59. The number of amides is 1.